The van der Waals surface area contributed by atoms with E-state index >= 15 is 0 Å². The Bertz CT molecular complexity index is 565. The molecular weight excluding hydrogens is 353 g/mol. The van der Waals surface area contributed by atoms with E-state index in [1.54, 1.807) is 6.07 Å². The highest BCUT2D eigenvalue weighted by Crippen LogP contribution is 2.31. The summed E-state index contributed by atoms with van der Waals surface area (Å²) in [5, 5.41) is 6.27. The maximum Gasteiger partial charge on any atom is 0.416 e. The molecule has 1 aromatic rings. The van der Waals surface area contributed by atoms with Gasteiger partial charge in [0.15, 0.2) is 0 Å². The van der Waals surface area contributed by atoms with Crippen LogP contribution >= 0.6 is 12.4 Å². The summed E-state index contributed by atoms with van der Waals surface area (Å²) in [5.41, 5.74) is -0.159. The first-order valence-corrected chi connectivity index (χ1v) is 8.52. The SMILES string of the molecule is CCCC(NC(=O)[C@H]1CCN[C@@H](C)C1)c1cccc(C(F)(F)F)c1.Cl. The number of halogens is 4. The second-order valence-corrected chi connectivity index (χ2v) is 6.55. The largest absolute Gasteiger partial charge is 0.416 e. The lowest BCUT2D eigenvalue weighted by molar-refractivity contribution is -0.137. The molecule has 1 unspecified atom stereocenters. The molecule has 0 aromatic heterocycles. The Morgan fingerprint density at radius 1 is 1.40 bits per heavy atom. The zero-order valence-electron chi connectivity index (χ0n) is 14.5. The van der Waals surface area contributed by atoms with E-state index < -0.39 is 11.7 Å². The van der Waals surface area contributed by atoms with Crippen LogP contribution in [-0.2, 0) is 11.0 Å². The minimum absolute atomic E-state index is 0. The van der Waals surface area contributed by atoms with Crippen molar-refractivity contribution in [2.24, 2.45) is 5.92 Å². The maximum atomic E-state index is 12.9. The molecule has 0 aliphatic carbocycles. The fourth-order valence-corrected chi connectivity index (χ4v) is 3.20. The third kappa shape index (κ3) is 6.19. The topological polar surface area (TPSA) is 41.1 Å². The van der Waals surface area contributed by atoms with Gasteiger partial charge in [0.05, 0.1) is 11.6 Å². The molecule has 0 spiro atoms. The van der Waals surface area contributed by atoms with Crippen molar-refractivity contribution in [2.45, 2.75) is 57.8 Å². The van der Waals surface area contributed by atoms with Gasteiger partial charge >= 0.3 is 6.18 Å². The minimum Gasteiger partial charge on any atom is -0.349 e. The molecule has 25 heavy (non-hydrogen) atoms. The van der Waals surface area contributed by atoms with Crippen LogP contribution < -0.4 is 10.6 Å². The van der Waals surface area contributed by atoms with Crippen molar-refractivity contribution in [3.63, 3.8) is 0 Å². The number of amides is 1. The monoisotopic (exact) mass is 378 g/mol. The lowest BCUT2D eigenvalue weighted by Crippen LogP contribution is -2.43. The van der Waals surface area contributed by atoms with Gasteiger partial charge in [-0.2, -0.15) is 13.2 Å². The average molecular weight is 379 g/mol. The molecule has 1 aromatic carbocycles. The van der Waals surface area contributed by atoms with E-state index in [0.717, 1.165) is 37.9 Å². The normalized spacial score (nSPS) is 22.0. The number of benzene rings is 1. The molecule has 3 nitrogen and oxygen atoms in total. The number of rotatable bonds is 5. The first-order valence-electron chi connectivity index (χ1n) is 8.52. The highest BCUT2D eigenvalue weighted by atomic mass is 35.5. The Kier molecular flexibility index (Phi) is 8.22. The summed E-state index contributed by atoms with van der Waals surface area (Å²) >= 11 is 0. The molecule has 1 saturated heterocycles. The van der Waals surface area contributed by atoms with Crippen molar-refractivity contribution in [3.05, 3.63) is 35.4 Å². The summed E-state index contributed by atoms with van der Waals surface area (Å²) in [4.78, 5) is 12.5. The van der Waals surface area contributed by atoms with Crippen molar-refractivity contribution >= 4 is 18.3 Å². The maximum absolute atomic E-state index is 12.9. The highest BCUT2D eigenvalue weighted by molar-refractivity contribution is 5.85. The molecule has 1 heterocycles. The number of piperidine rings is 1. The van der Waals surface area contributed by atoms with Gasteiger partial charge < -0.3 is 10.6 Å². The van der Waals surface area contributed by atoms with Crippen LogP contribution in [0.1, 0.15) is 56.7 Å². The van der Waals surface area contributed by atoms with Crippen LogP contribution in [0.4, 0.5) is 13.2 Å². The van der Waals surface area contributed by atoms with E-state index in [4.69, 9.17) is 0 Å². The van der Waals surface area contributed by atoms with Gasteiger partial charge in [-0.15, -0.1) is 12.4 Å². The number of carbonyl (C=O) groups excluding carboxylic acids is 1. The lowest BCUT2D eigenvalue weighted by atomic mass is 9.91. The molecule has 0 saturated carbocycles. The van der Waals surface area contributed by atoms with Crippen LogP contribution in [0.2, 0.25) is 0 Å². The fraction of sp³-hybridized carbons (Fsp3) is 0.611. The van der Waals surface area contributed by atoms with Gasteiger partial charge in [-0.25, -0.2) is 0 Å². The van der Waals surface area contributed by atoms with Gasteiger partial charge in [-0.1, -0.05) is 25.5 Å². The van der Waals surface area contributed by atoms with Crippen molar-refractivity contribution in [1.29, 1.82) is 0 Å². The second-order valence-electron chi connectivity index (χ2n) is 6.55. The summed E-state index contributed by atoms with van der Waals surface area (Å²) in [6.45, 7) is 4.79. The van der Waals surface area contributed by atoms with Gasteiger partial charge in [0.2, 0.25) is 5.91 Å². The van der Waals surface area contributed by atoms with Crippen LogP contribution in [-0.4, -0.2) is 18.5 Å². The summed E-state index contributed by atoms with van der Waals surface area (Å²) in [7, 11) is 0. The smallest absolute Gasteiger partial charge is 0.349 e. The summed E-state index contributed by atoms with van der Waals surface area (Å²) in [6, 6.07) is 5.16. The molecule has 2 rings (SSSR count). The zero-order chi connectivity index (χ0) is 17.7. The third-order valence-electron chi connectivity index (χ3n) is 4.50. The standard InChI is InChI=1S/C18H25F3N2O.ClH/c1-3-5-16(13-6-4-7-15(11-13)18(19,20)21)23-17(24)14-8-9-22-12(2)10-14;/h4,6-7,11-12,14,16,22H,3,5,8-10H2,1-2H3,(H,23,24);1H/t12-,14-,16?;/m0./s1. The molecule has 1 aliphatic heterocycles. The van der Waals surface area contributed by atoms with Gasteiger partial charge in [0.1, 0.15) is 0 Å². The molecule has 1 fully saturated rings. The van der Waals surface area contributed by atoms with Crippen LogP contribution in [0, 0.1) is 5.92 Å². The van der Waals surface area contributed by atoms with E-state index in [2.05, 4.69) is 10.6 Å². The molecular formula is C18H26ClF3N2O. The predicted molar refractivity (Wildman–Crippen MR) is 94.7 cm³/mol. The Hall–Kier alpha value is -1.27. The molecule has 3 atom stereocenters. The molecule has 1 aliphatic rings. The van der Waals surface area contributed by atoms with E-state index in [0.29, 0.717) is 12.0 Å². The quantitative estimate of drug-likeness (QED) is 0.793. The number of hydrogen-bond acceptors (Lipinski definition) is 2. The van der Waals surface area contributed by atoms with Crippen LogP contribution in [0.25, 0.3) is 0 Å². The van der Waals surface area contributed by atoms with Crippen LogP contribution in [0.5, 0.6) is 0 Å². The Morgan fingerprint density at radius 3 is 2.72 bits per heavy atom. The second kappa shape index (κ2) is 9.43. The van der Waals surface area contributed by atoms with Gasteiger partial charge in [0.25, 0.3) is 0 Å². The van der Waals surface area contributed by atoms with E-state index in [1.807, 2.05) is 13.8 Å². The first kappa shape index (κ1) is 21.8. The van der Waals surface area contributed by atoms with Gasteiger partial charge in [-0.05, 0) is 50.4 Å². The number of nitrogens with one attached hydrogen (secondary N) is 2. The van der Waals surface area contributed by atoms with Gasteiger partial charge in [-0.3, -0.25) is 4.79 Å². The third-order valence-corrected chi connectivity index (χ3v) is 4.50. The lowest BCUT2D eigenvalue weighted by Gasteiger charge is -2.29. The fourth-order valence-electron chi connectivity index (χ4n) is 3.20. The van der Waals surface area contributed by atoms with Crippen molar-refractivity contribution < 1.29 is 18.0 Å². The Morgan fingerprint density at radius 2 is 2.12 bits per heavy atom. The minimum atomic E-state index is -4.37. The number of hydrogen-bond donors (Lipinski definition) is 2. The highest BCUT2D eigenvalue weighted by Gasteiger charge is 2.31. The number of alkyl halides is 3. The molecule has 7 heteroatoms. The van der Waals surface area contributed by atoms with Crippen molar-refractivity contribution in [1.82, 2.24) is 10.6 Å². The van der Waals surface area contributed by atoms with Crippen LogP contribution in [0.15, 0.2) is 24.3 Å². The molecule has 142 valence electrons. The van der Waals surface area contributed by atoms with E-state index in [9.17, 15) is 18.0 Å². The first-order chi connectivity index (χ1) is 11.3. The van der Waals surface area contributed by atoms with Gasteiger partial charge in [0, 0.05) is 12.0 Å². The summed E-state index contributed by atoms with van der Waals surface area (Å²) < 4.78 is 38.8. The molecule has 0 radical (unpaired) electrons. The average Bonchev–Trinajstić information content (AvgIpc) is 2.53. The Labute approximate surface area is 153 Å². The van der Waals surface area contributed by atoms with E-state index in [1.165, 1.54) is 6.07 Å². The van der Waals surface area contributed by atoms with E-state index in [-0.39, 0.29) is 36.3 Å². The molecule has 1 amide bonds. The summed E-state index contributed by atoms with van der Waals surface area (Å²) in [6.07, 6.45) is -1.45. The number of carbonyl (C=O) groups is 1. The summed E-state index contributed by atoms with van der Waals surface area (Å²) in [5.74, 6) is -0.134. The van der Waals surface area contributed by atoms with Crippen molar-refractivity contribution in [3.8, 4) is 0 Å². The predicted octanol–water partition coefficient (Wildman–Crippen LogP) is 4.47. The van der Waals surface area contributed by atoms with Crippen LogP contribution in [0.3, 0.4) is 0 Å². The van der Waals surface area contributed by atoms with Crippen molar-refractivity contribution in [2.75, 3.05) is 6.54 Å². The zero-order valence-corrected chi connectivity index (χ0v) is 15.3. The Balaban J connectivity index is 0.00000312. The molecule has 2 N–H and O–H groups in total. The molecule has 0 bridgehead atoms.